The van der Waals surface area contributed by atoms with E-state index in [9.17, 15) is 4.79 Å². The van der Waals surface area contributed by atoms with Crippen LogP contribution in [0.2, 0.25) is 0 Å². The Hall–Kier alpha value is -2.90. The van der Waals surface area contributed by atoms with Crippen LogP contribution in [0.15, 0.2) is 0 Å². The predicted octanol–water partition coefficient (Wildman–Crippen LogP) is 0.00699. The maximum absolute atomic E-state index is 10.7. The number of carbonyl (C=O) groups excluding carboxylic acids is 1. The molecule has 1 fully saturated rings. The molecule has 98 valence electrons. The average molecular weight is 261 g/mol. The Morgan fingerprint density at radius 3 is 2.10 bits per heavy atom. The Morgan fingerprint density at radius 1 is 0.950 bits per heavy atom. The van der Waals surface area contributed by atoms with Gasteiger partial charge in [0.25, 0.3) is 5.91 Å². The minimum atomic E-state index is -0.378. The van der Waals surface area contributed by atoms with Crippen molar-refractivity contribution in [2.45, 2.75) is 12.8 Å². The topological polar surface area (TPSA) is 32.3 Å². The number of likely N-dealkylation sites (tertiary alicyclic amines) is 1. The molecular formula is C17H13N2O-. The van der Waals surface area contributed by atoms with Crippen molar-refractivity contribution in [2.75, 3.05) is 20.1 Å². The Labute approximate surface area is 120 Å². The van der Waals surface area contributed by atoms with Gasteiger partial charge < -0.3 is 10.2 Å². The molecule has 1 N–H and O–H groups in total. The van der Waals surface area contributed by atoms with Crippen LogP contribution < -0.4 is 5.32 Å². The average Bonchev–Trinajstić information content (AvgIpc) is 2.97. The summed E-state index contributed by atoms with van der Waals surface area (Å²) in [6.45, 7) is 4.02. The van der Waals surface area contributed by atoms with Crippen molar-refractivity contribution in [1.29, 1.82) is 0 Å². The molecule has 0 aromatic heterocycles. The van der Waals surface area contributed by atoms with Gasteiger partial charge in [0.05, 0.1) is 0 Å². The van der Waals surface area contributed by atoms with Crippen LogP contribution >= 0.6 is 0 Å². The molecule has 0 aromatic carbocycles. The lowest BCUT2D eigenvalue weighted by Crippen LogP contribution is -2.14. The number of hydrogen-bond acceptors (Lipinski definition) is 2. The van der Waals surface area contributed by atoms with Crippen LogP contribution in [-0.4, -0.2) is 30.9 Å². The second kappa shape index (κ2) is 10.1. The van der Waals surface area contributed by atoms with E-state index in [-0.39, 0.29) is 5.91 Å². The second-order valence-electron chi connectivity index (χ2n) is 3.72. The van der Waals surface area contributed by atoms with Gasteiger partial charge >= 0.3 is 0 Å². The molecule has 1 aliphatic heterocycles. The summed E-state index contributed by atoms with van der Waals surface area (Å²) in [6, 6.07) is 0. The van der Waals surface area contributed by atoms with E-state index in [4.69, 9.17) is 0 Å². The fraction of sp³-hybridized carbons (Fsp3) is 0.294. The first kappa shape index (κ1) is 15.2. The molecule has 0 radical (unpaired) electrons. The number of rotatable bonds is 1. The van der Waals surface area contributed by atoms with E-state index in [1.807, 2.05) is 6.54 Å². The van der Waals surface area contributed by atoms with Crippen LogP contribution in [0.3, 0.4) is 0 Å². The maximum atomic E-state index is 10.7. The third-order valence-electron chi connectivity index (χ3n) is 2.30. The number of nitrogens with one attached hydrogen (secondary N) is 1. The highest BCUT2D eigenvalue weighted by Crippen LogP contribution is 2.07. The van der Waals surface area contributed by atoms with E-state index in [0.717, 1.165) is 13.1 Å². The van der Waals surface area contributed by atoms with Crippen molar-refractivity contribution in [2.24, 2.45) is 0 Å². The molecular weight excluding hydrogens is 248 g/mol. The van der Waals surface area contributed by atoms with E-state index in [1.165, 1.54) is 19.9 Å². The van der Waals surface area contributed by atoms with Gasteiger partial charge in [0.1, 0.15) is 0 Å². The van der Waals surface area contributed by atoms with Gasteiger partial charge in [-0.2, -0.15) is 0 Å². The Balaban J connectivity index is 2.30. The summed E-state index contributed by atoms with van der Waals surface area (Å²) in [5.74, 6) is 24.9. The van der Waals surface area contributed by atoms with Gasteiger partial charge in [-0.25, -0.2) is 5.92 Å². The normalized spacial score (nSPS) is 11.4. The SMILES string of the molecule is CNC(=O)C#CC#CC#CC#CC#C[CH-]N1CCCC1. The first-order valence-corrected chi connectivity index (χ1v) is 6.13. The number of amides is 1. The van der Waals surface area contributed by atoms with Crippen molar-refractivity contribution in [3.8, 4) is 59.2 Å². The lowest BCUT2D eigenvalue weighted by molar-refractivity contribution is -0.115. The van der Waals surface area contributed by atoms with E-state index in [2.05, 4.69) is 69.4 Å². The molecule has 0 aliphatic carbocycles. The van der Waals surface area contributed by atoms with E-state index in [1.54, 1.807) is 0 Å². The summed E-state index contributed by atoms with van der Waals surface area (Å²) in [7, 11) is 1.50. The summed E-state index contributed by atoms with van der Waals surface area (Å²) in [5, 5.41) is 2.36. The summed E-state index contributed by atoms with van der Waals surface area (Å²) in [6.07, 6.45) is 2.47. The molecule has 0 atom stereocenters. The van der Waals surface area contributed by atoms with Crippen molar-refractivity contribution in [3.05, 3.63) is 6.54 Å². The fourth-order valence-corrected chi connectivity index (χ4v) is 1.37. The summed E-state index contributed by atoms with van der Waals surface area (Å²) < 4.78 is 0. The van der Waals surface area contributed by atoms with Gasteiger partial charge in [-0.15, -0.1) is 12.5 Å². The van der Waals surface area contributed by atoms with E-state index >= 15 is 0 Å². The molecule has 0 unspecified atom stereocenters. The molecule has 0 aromatic rings. The zero-order valence-electron chi connectivity index (χ0n) is 11.3. The molecule has 0 spiro atoms. The lowest BCUT2D eigenvalue weighted by atomic mass is 10.4. The first-order valence-electron chi connectivity index (χ1n) is 6.13. The molecule has 20 heavy (non-hydrogen) atoms. The van der Waals surface area contributed by atoms with Crippen LogP contribution in [0.25, 0.3) is 0 Å². The van der Waals surface area contributed by atoms with Gasteiger partial charge in [0.2, 0.25) is 0 Å². The van der Waals surface area contributed by atoms with E-state index < -0.39 is 0 Å². The monoisotopic (exact) mass is 261 g/mol. The van der Waals surface area contributed by atoms with Crippen molar-refractivity contribution in [1.82, 2.24) is 10.2 Å². The standard InChI is InChI=1S/C17H13N2O/c1-18-17(20)13-9-7-5-3-2-4-6-8-10-14-19-15-11-12-16-19/h14H,11-12,15-16H2,1H3,(H,18,20)/q-1. The molecule has 0 saturated carbocycles. The highest BCUT2D eigenvalue weighted by Gasteiger charge is 2.04. The summed E-state index contributed by atoms with van der Waals surface area (Å²) in [5.41, 5.74) is 0. The maximum Gasteiger partial charge on any atom is 0.296 e. The quantitative estimate of drug-likeness (QED) is 0.532. The molecule has 1 amide bonds. The van der Waals surface area contributed by atoms with Crippen LogP contribution in [0, 0.1) is 65.7 Å². The van der Waals surface area contributed by atoms with Gasteiger partial charge in [-0.3, -0.25) is 10.7 Å². The Kier molecular flexibility index (Phi) is 7.63. The zero-order valence-corrected chi connectivity index (χ0v) is 11.3. The molecule has 1 rings (SSSR count). The number of hydrogen-bond donors (Lipinski definition) is 1. The molecule has 0 bridgehead atoms. The summed E-state index contributed by atoms with van der Waals surface area (Å²) in [4.78, 5) is 12.9. The highest BCUT2D eigenvalue weighted by atomic mass is 16.1. The van der Waals surface area contributed by atoms with Crippen LogP contribution in [0.4, 0.5) is 0 Å². The number of nitrogens with zero attached hydrogens (tertiary/aromatic N) is 1. The Morgan fingerprint density at radius 2 is 1.50 bits per heavy atom. The largest absolute Gasteiger partial charge is 0.352 e. The molecule has 3 nitrogen and oxygen atoms in total. The molecule has 1 heterocycles. The molecule has 1 saturated heterocycles. The van der Waals surface area contributed by atoms with Gasteiger partial charge in [-0.1, -0.05) is 0 Å². The van der Waals surface area contributed by atoms with Crippen LogP contribution in [0.1, 0.15) is 12.8 Å². The van der Waals surface area contributed by atoms with Gasteiger partial charge in [-0.05, 0) is 61.5 Å². The third-order valence-corrected chi connectivity index (χ3v) is 2.30. The lowest BCUT2D eigenvalue weighted by Gasteiger charge is -2.15. The Bertz CT molecular complexity index is 642. The predicted molar refractivity (Wildman–Crippen MR) is 78.1 cm³/mol. The summed E-state index contributed by atoms with van der Waals surface area (Å²) >= 11 is 0. The van der Waals surface area contributed by atoms with Gasteiger partial charge in [0, 0.05) is 13.0 Å². The van der Waals surface area contributed by atoms with Crippen molar-refractivity contribution < 1.29 is 4.79 Å². The minimum absolute atomic E-state index is 0.378. The fourth-order valence-electron chi connectivity index (χ4n) is 1.37. The highest BCUT2D eigenvalue weighted by molar-refractivity contribution is 5.93. The van der Waals surface area contributed by atoms with Crippen molar-refractivity contribution >= 4 is 5.91 Å². The van der Waals surface area contributed by atoms with Gasteiger partial charge in [0.15, 0.2) is 0 Å². The smallest absolute Gasteiger partial charge is 0.296 e. The van der Waals surface area contributed by atoms with E-state index in [0.29, 0.717) is 0 Å². The zero-order chi connectivity index (χ0) is 14.5. The molecule has 1 aliphatic rings. The van der Waals surface area contributed by atoms with Crippen LogP contribution in [-0.2, 0) is 4.79 Å². The minimum Gasteiger partial charge on any atom is -0.352 e. The molecule has 3 heteroatoms. The van der Waals surface area contributed by atoms with Crippen molar-refractivity contribution in [3.63, 3.8) is 0 Å². The number of carbonyl (C=O) groups is 1. The second-order valence-corrected chi connectivity index (χ2v) is 3.72. The third kappa shape index (κ3) is 7.43. The van der Waals surface area contributed by atoms with Crippen LogP contribution in [0.5, 0.6) is 0 Å². The first-order chi connectivity index (χ1) is 9.83.